The lowest BCUT2D eigenvalue weighted by Crippen LogP contribution is -2.39. The number of rotatable bonds is 2. The molecule has 1 atom stereocenters. The second-order valence-corrected chi connectivity index (χ2v) is 8.62. The van der Waals surface area contributed by atoms with Crippen molar-refractivity contribution in [1.29, 1.82) is 0 Å². The third-order valence-corrected chi connectivity index (χ3v) is 6.53. The molecule has 3 aromatic rings. The van der Waals surface area contributed by atoms with Crippen molar-refractivity contribution in [2.45, 2.75) is 64.8 Å². The van der Waals surface area contributed by atoms with Crippen LogP contribution in [-0.2, 0) is 13.0 Å². The van der Waals surface area contributed by atoms with Gasteiger partial charge in [0, 0.05) is 37.5 Å². The molecule has 0 radical (unpaired) electrons. The Morgan fingerprint density at radius 1 is 0.967 bits per heavy atom. The second kappa shape index (κ2) is 7.78. The summed E-state index contributed by atoms with van der Waals surface area (Å²) in [5.74, 6) is 2.51. The molecule has 0 saturated carbocycles. The summed E-state index contributed by atoms with van der Waals surface area (Å²) in [4.78, 5) is 24.5. The highest BCUT2D eigenvalue weighted by atomic mass is 16.2. The summed E-state index contributed by atoms with van der Waals surface area (Å²) >= 11 is 0. The fourth-order valence-electron chi connectivity index (χ4n) is 4.73. The molecule has 5 rings (SSSR count). The van der Waals surface area contributed by atoms with E-state index in [1.54, 1.807) is 0 Å². The Hall–Kier alpha value is -2.83. The van der Waals surface area contributed by atoms with Gasteiger partial charge in [-0.05, 0) is 57.7 Å². The number of benzene rings is 1. The van der Waals surface area contributed by atoms with Gasteiger partial charge in [-0.15, -0.1) is 10.2 Å². The molecule has 4 heterocycles. The lowest BCUT2D eigenvalue weighted by molar-refractivity contribution is 0.0703. The molecule has 30 heavy (non-hydrogen) atoms. The van der Waals surface area contributed by atoms with E-state index in [-0.39, 0.29) is 11.8 Å². The maximum Gasteiger partial charge on any atom is 0.253 e. The number of hydrogen-bond donors (Lipinski definition) is 0. The molecule has 7 nitrogen and oxygen atoms in total. The Balaban J connectivity index is 1.38. The van der Waals surface area contributed by atoms with E-state index in [9.17, 15) is 4.79 Å². The van der Waals surface area contributed by atoms with Crippen LogP contribution in [0.1, 0.15) is 71.4 Å². The van der Waals surface area contributed by atoms with Gasteiger partial charge in [0.05, 0.1) is 22.4 Å². The van der Waals surface area contributed by atoms with E-state index in [1.807, 2.05) is 36.9 Å². The molecule has 0 spiro atoms. The Morgan fingerprint density at radius 3 is 2.67 bits per heavy atom. The topological polar surface area (TPSA) is 76.8 Å². The zero-order chi connectivity index (χ0) is 20.7. The van der Waals surface area contributed by atoms with Gasteiger partial charge in [-0.2, -0.15) is 0 Å². The highest BCUT2D eigenvalue weighted by Gasteiger charge is 2.30. The van der Waals surface area contributed by atoms with Crippen molar-refractivity contribution in [2.75, 3.05) is 13.1 Å². The molecular weight excluding hydrogens is 376 g/mol. The molecule has 2 aliphatic heterocycles. The van der Waals surface area contributed by atoms with E-state index in [4.69, 9.17) is 0 Å². The van der Waals surface area contributed by atoms with Gasteiger partial charge in [-0.25, -0.2) is 9.97 Å². The lowest BCUT2D eigenvalue weighted by atomic mass is 9.96. The zero-order valence-electron chi connectivity index (χ0n) is 17.8. The fourth-order valence-corrected chi connectivity index (χ4v) is 4.73. The van der Waals surface area contributed by atoms with Crippen molar-refractivity contribution in [1.82, 2.24) is 29.6 Å². The summed E-state index contributed by atoms with van der Waals surface area (Å²) in [5, 5.41) is 9.01. The number of piperidine rings is 1. The molecule has 156 valence electrons. The number of nitrogens with zero attached hydrogens (tertiary/aromatic N) is 6. The summed E-state index contributed by atoms with van der Waals surface area (Å²) in [6.45, 7) is 6.40. The number of carbonyl (C=O) groups excluding carboxylic acids is 1. The first-order valence-electron chi connectivity index (χ1n) is 11.1. The molecule has 0 bridgehead atoms. The zero-order valence-corrected chi connectivity index (χ0v) is 17.8. The summed E-state index contributed by atoms with van der Waals surface area (Å²) in [6, 6.07) is 5.66. The largest absolute Gasteiger partial charge is 0.338 e. The van der Waals surface area contributed by atoms with Crippen LogP contribution in [0.15, 0.2) is 18.2 Å². The summed E-state index contributed by atoms with van der Waals surface area (Å²) in [5.41, 5.74) is 4.11. The van der Waals surface area contributed by atoms with Crippen LogP contribution in [0.4, 0.5) is 0 Å². The molecule has 0 aliphatic carbocycles. The van der Waals surface area contributed by atoms with Crippen molar-refractivity contribution < 1.29 is 4.79 Å². The van der Waals surface area contributed by atoms with Crippen LogP contribution in [0.5, 0.6) is 0 Å². The van der Waals surface area contributed by atoms with E-state index in [0.717, 1.165) is 66.4 Å². The van der Waals surface area contributed by atoms with Crippen molar-refractivity contribution in [3.05, 3.63) is 46.8 Å². The fraction of sp³-hybridized carbons (Fsp3) is 0.522. The number of aromatic nitrogens is 5. The minimum atomic E-state index is 0.0669. The van der Waals surface area contributed by atoms with E-state index in [1.165, 1.54) is 19.3 Å². The average Bonchev–Trinajstić information content (AvgIpc) is 3.02. The Bertz CT molecular complexity index is 1100. The van der Waals surface area contributed by atoms with Crippen LogP contribution >= 0.6 is 0 Å². The van der Waals surface area contributed by atoms with E-state index >= 15 is 0 Å². The molecule has 1 aromatic carbocycles. The third kappa shape index (κ3) is 3.46. The van der Waals surface area contributed by atoms with Gasteiger partial charge < -0.3 is 9.47 Å². The smallest absolute Gasteiger partial charge is 0.253 e. The van der Waals surface area contributed by atoms with Gasteiger partial charge in [0.1, 0.15) is 11.6 Å². The number of fused-ring (bicyclic) bond motifs is 2. The number of aryl methyl sites for hydroxylation is 3. The molecule has 2 aliphatic rings. The minimum absolute atomic E-state index is 0.0669. The lowest BCUT2D eigenvalue weighted by Gasteiger charge is -2.32. The normalized spacial score (nSPS) is 19.5. The Kier molecular flexibility index (Phi) is 4.97. The number of carbonyl (C=O) groups is 1. The van der Waals surface area contributed by atoms with Gasteiger partial charge in [-0.1, -0.05) is 6.42 Å². The second-order valence-electron chi connectivity index (χ2n) is 8.62. The molecule has 0 unspecified atom stereocenters. The van der Waals surface area contributed by atoms with Crippen molar-refractivity contribution in [3.8, 4) is 0 Å². The predicted molar refractivity (Wildman–Crippen MR) is 114 cm³/mol. The maximum absolute atomic E-state index is 13.3. The van der Waals surface area contributed by atoms with Crippen LogP contribution < -0.4 is 0 Å². The van der Waals surface area contributed by atoms with Crippen LogP contribution in [0.2, 0.25) is 0 Å². The number of amides is 1. The van der Waals surface area contributed by atoms with Gasteiger partial charge in [0.25, 0.3) is 5.91 Å². The van der Waals surface area contributed by atoms with Crippen LogP contribution in [0, 0.1) is 13.8 Å². The van der Waals surface area contributed by atoms with Crippen molar-refractivity contribution in [3.63, 3.8) is 0 Å². The molecule has 2 aromatic heterocycles. The van der Waals surface area contributed by atoms with Crippen LogP contribution in [0.3, 0.4) is 0 Å². The van der Waals surface area contributed by atoms with Crippen molar-refractivity contribution in [2.24, 2.45) is 0 Å². The van der Waals surface area contributed by atoms with Gasteiger partial charge in [0.2, 0.25) is 0 Å². The molecule has 7 heteroatoms. The molecule has 1 saturated heterocycles. The molecule has 1 amide bonds. The highest BCUT2D eigenvalue weighted by molar-refractivity contribution is 5.97. The minimum Gasteiger partial charge on any atom is -0.338 e. The Morgan fingerprint density at radius 2 is 1.80 bits per heavy atom. The quantitative estimate of drug-likeness (QED) is 0.652. The van der Waals surface area contributed by atoms with E-state index in [2.05, 4.69) is 24.7 Å². The molecule has 1 fully saturated rings. The van der Waals surface area contributed by atoms with E-state index in [0.29, 0.717) is 12.1 Å². The SMILES string of the molecule is Cc1nc2ccc(C(=O)N3CCC[C@@H](c4nnc5n4CCCCC5)C3)cc2nc1C. The predicted octanol–water partition coefficient (Wildman–Crippen LogP) is 3.58. The third-order valence-electron chi connectivity index (χ3n) is 6.53. The van der Waals surface area contributed by atoms with Crippen LogP contribution in [0.25, 0.3) is 11.0 Å². The Labute approximate surface area is 176 Å². The van der Waals surface area contributed by atoms with Crippen LogP contribution in [-0.4, -0.2) is 48.6 Å². The summed E-state index contributed by atoms with van der Waals surface area (Å²) in [6.07, 6.45) is 6.69. The molecular formula is C23H28N6O. The maximum atomic E-state index is 13.3. The summed E-state index contributed by atoms with van der Waals surface area (Å²) < 4.78 is 2.32. The molecule has 0 N–H and O–H groups in total. The van der Waals surface area contributed by atoms with E-state index < -0.39 is 0 Å². The monoisotopic (exact) mass is 404 g/mol. The van der Waals surface area contributed by atoms with Crippen molar-refractivity contribution >= 4 is 16.9 Å². The highest BCUT2D eigenvalue weighted by Crippen LogP contribution is 2.29. The summed E-state index contributed by atoms with van der Waals surface area (Å²) in [7, 11) is 0. The first-order valence-corrected chi connectivity index (χ1v) is 11.1. The number of likely N-dealkylation sites (tertiary alicyclic amines) is 1. The average molecular weight is 405 g/mol. The first kappa shape index (κ1) is 19.2. The first-order chi connectivity index (χ1) is 14.6. The number of hydrogen-bond acceptors (Lipinski definition) is 5. The van der Waals surface area contributed by atoms with Gasteiger partial charge in [0.15, 0.2) is 0 Å². The standard InChI is InChI=1S/C23H28N6O/c1-15-16(2)25-20-13-17(9-10-19(20)24-15)23(30)28-11-6-7-18(14-28)22-27-26-21-8-4-3-5-12-29(21)22/h9-10,13,18H,3-8,11-12,14H2,1-2H3/t18-/m1/s1. The van der Waals surface area contributed by atoms with Gasteiger partial charge >= 0.3 is 0 Å². The van der Waals surface area contributed by atoms with Gasteiger partial charge in [-0.3, -0.25) is 4.79 Å².